The van der Waals surface area contributed by atoms with E-state index < -0.39 is 5.41 Å². The molecule has 2 atom stereocenters. The van der Waals surface area contributed by atoms with Crippen molar-refractivity contribution in [3.05, 3.63) is 34.6 Å². The molecule has 0 spiro atoms. The number of hydrogen-bond acceptors (Lipinski definition) is 3. The van der Waals surface area contributed by atoms with Gasteiger partial charge in [0.2, 0.25) is 5.91 Å². The minimum absolute atomic E-state index is 0.0764. The number of benzene rings is 1. The highest BCUT2D eigenvalue weighted by molar-refractivity contribution is 5.92. The highest BCUT2D eigenvalue weighted by Gasteiger charge is 2.73. The first kappa shape index (κ1) is 15.6. The zero-order valence-electron chi connectivity index (χ0n) is 15.4. The number of amides is 1. The molecule has 24 heavy (non-hydrogen) atoms. The summed E-state index contributed by atoms with van der Waals surface area (Å²) < 4.78 is 0. The van der Waals surface area contributed by atoms with Gasteiger partial charge in [0.05, 0.1) is 27.8 Å². The number of hydrogen-bond donors (Lipinski definition) is 1. The Hall–Kier alpha value is -1.97. The molecule has 2 bridgehead atoms. The fourth-order valence-corrected chi connectivity index (χ4v) is 5.07. The van der Waals surface area contributed by atoms with Crippen molar-refractivity contribution in [3.8, 4) is 0 Å². The van der Waals surface area contributed by atoms with Gasteiger partial charge in [0, 0.05) is 12.5 Å². The fraction of sp³-hybridized carbons (Fsp3) is 0.550. The predicted octanol–water partition coefficient (Wildman–Crippen LogP) is 3.32. The highest BCUT2D eigenvalue weighted by atomic mass is 16.2. The van der Waals surface area contributed by atoms with Crippen LogP contribution in [0.25, 0.3) is 11.0 Å². The van der Waals surface area contributed by atoms with E-state index >= 15 is 0 Å². The van der Waals surface area contributed by atoms with Crippen LogP contribution in [-0.4, -0.2) is 22.9 Å². The zero-order chi connectivity index (χ0) is 17.5. The second-order valence-corrected chi connectivity index (χ2v) is 8.29. The minimum Gasteiger partial charge on any atom is -0.358 e. The predicted molar refractivity (Wildman–Crippen MR) is 95.1 cm³/mol. The van der Waals surface area contributed by atoms with Gasteiger partial charge in [-0.3, -0.25) is 4.79 Å². The SMILES string of the molecule is CNC(=O)[C@]12CC[C@](C)(c3nc4cc(C)c(C)cc4nc31)C2(C)C. The van der Waals surface area contributed by atoms with E-state index in [0.717, 1.165) is 35.3 Å². The lowest BCUT2D eigenvalue weighted by Gasteiger charge is -2.39. The van der Waals surface area contributed by atoms with E-state index in [2.05, 4.69) is 52.1 Å². The number of nitrogens with zero attached hydrogens (tertiary/aromatic N) is 2. The maximum atomic E-state index is 13.0. The first-order valence-corrected chi connectivity index (χ1v) is 8.71. The molecule has 1 saturated carbocycles. The van der Waals surface area contributed by atoms with Crippen molar-refractivity contribution in [2.75, 3.05) is 7.05 Å². The summed E-state index contributed by atoms with van der Waals surface area (Å²) in [5, 5.41) is 2.90. The molecular formula is C20H25N3O. The molecule has 126 valence electrons. The molecule has 1 amide bonds. The first-order chi connectivity index (χ1) is 11.2. The Morgan fingerprint density at radius 1 is 1.00 bits per heavy atom. The summed E-state index contributed by atoms with van der Waals surface area (Å²) >= 11 is 0. The topological polar surface area (TPSA) is 54.9 Å². The molecule has 1 N–H and O–H groups in total. The number of aromatic nitrogens is 2. The molecule has 1 aromatic heterocycles. The van der Waals surface area contributed by atoms with Crippen LogP contribution in [0.4, 0.5) is 0 Å². The summed E-state index contributed by atoms with van der Waals surface area (Å²) in [4.78, 5) is 23.0. The number of likely N-dealkylation sites (N-methyl/N-ethyl adjacent to an activating group) is 1. The van der Waals surface area contributed by atoms with Crippen molar-refractivity contribution < 1.29 is 4.79 Å². The van der Waals surface area contributed by atoms with Gasteiger partial charge in [-0.05, 0) is 55.4 Å². The van der Waals surface area contributed by atoms with Gasteiger partial charge in [0.25, 0.3) is 0 Å². The second kappa shape index (κ2) is 4.35. The summed E-state index contributed by atoms with van der Waals surface area (Å²) in [6.07, 6.45) is 1.82. The second-order valence-electron chi connectivity index (χ2n) is 8.29. The van der Waals surface area contributed by atoms with Crippen molar-refractivity contribution in [2.45, 2.75) is 58.3 Å². The maximum Gasteiger partial charge on any atom is 0.232 e. The summed E-state index contributed by atoms with van der Waals surface area (Å²) in [5.74, 6) is 0.0764. The van der Waals surface area contributed by atoms with E-state index in [0.29, 0.717) is 0 Å². The molecule has 0 radical (unpaired) electrons. The van der Waals surface area contributed by atoms with E-state index in [1.165, 1.54) is 11.1 Å². The summed E-state index contributed by atoms with van der Waals surface area (Å²) in [5.41, 5.74) is 5.30. The van der Waals surface area contributed by atoms with Gasteiger partial charge in [0.15, 0.2) is 0 Å². The maximum absolute atomic E-state index is 13.0. The number of carbonyl (C=O) groups excluding carboxylic acids is 1. The van der Waals surface area contributed by atoms with E-state index in [1.54, 1.807) is 7.05 Å². The smallest absolute Gasteiger partial charge is 0.232 e. The quantitative estimate of drug-likeness (QED) is 0.876. The van der Waals surface area contributed by atoms with Crippen molar-refractivity contribution in [1.29, 1.82) is 0 Å². The Morgan fingerprint density at radius 2 is 1.54 bits per heavy atom. The lowest BCUT2D eigenvalue weighted by Crippen LogP contribution is -2.50. The van der Waals surface area contributed by atoms with Gasteiger partial charge in [-0.25, -0.2) is 9.97 Å². The van der Waals surface area contributed by atoms with Gasteiger partial charge >= 0.3 is 0 Å². The van der Waals surface area contributed by atoms with E-state index in [9.17, 15) is 4.79 Å². The van der Waals surface area contributed by atoms with Crippen molar-refractivity contribution in [1.82, 2.24) is 15.3 Å². The first-order valence-electron chi connectivity index (χ1n) is 8.71. The third-order valence-corrected chi connectivity index (χ3v) is 7.27. The van der Waals surface area contributed by atoms with Crippen LogP contribution in [0.15, 0.2) is 12.1 Å². The molecule has 0 aliphatic heterocycles. The number of rotatable bonds is 1. The third-order valence-electron chi connectivity index (χ3n) is 7.27. The molecule has 4 heteroatoms. The highest BCUT2D eigenvalue weighted by Crippen LogP contribution is 2.70. The van der Waals surface area contributed by atoms with Crippen molar-refractivity contribution in [2.24, 2.45) is 5.41 Å². The molecule has 0 unspecified atom stereocenters. The largest absolute Gasteiger partial charge is 0.358 e. The Bertz CT molecular complexity index is 901. The fourth-order valence-electron chi connectivity index (χ4n) is 5.07. The van der Waals surface area contributed by atoms with E-state index in [1.807, 2.05) is 0 Å². The minimum atomic E-state index is -0.578. The Kier molecular flexibility index (Phi) is 2.82. The molecule has 2 aliphatic carbocycles. The van der Waals surface area contributed by atoms with Crippen molar-refractivity contribution in [3.63, 3.8) is 0 Å². The van der Waals surface area contributed by atoms with Gasteiger partial charge in [-0.15, -0.1) is 0 Å². The number of fused-ring (bicyclic) bond motifs is 6. The van der Waals surface area contributed by atoms with Crippen LogP contribution < -0.4 is 5.32 Å². The lowest BCUT2D eigenvalue weighted by molar-refractivity contribution is -0.129. The van der Waals surface area contributed by atoms with Crippen LogP contribution in [0.1, 0.15) is 56.1 Å². The van der Waals surface area contributed by atoms with Crippen LogP contribution >= 0.6 is 0 Å². The molecule has 2 aromatic rings. The van der Waals surface area contributed by atoms with Gasteiger partial charge < -0.3 is 5.32 Å². The van der Waals surface area contributed by atoms with Crippen LogP contribution in [0.5, 0.6) is 0 Å². The standard InChI is InChI=1S/C20H25N3O/c1-11-9-13-14(10-12(11)2)23-16-15(22-13)19(5)7-8-20(16,17(24)21-6)18(19,3)4/h9-10H,7-8H2,1-6H3,(H,21,24)/t19-,20+/m1/s1. The molecular weight excluding hydrogens is 298 g/mol. The van der Waals surface area contributed by atoms with E-state index in [-0.39, 0.29) is 16.7 Å². The monoisotopic (exact) mass is 323 g/mol. The molecule has 1 fully saturated rings. The van der Waals surface area contributed by atoms with Gasteiger partial charge in [-0.1, -0.05) is 20.8 Å². The van der Waals surface area contributed by atoms with Crippen LogP contribution in [0.3, 0.4) is 0 Å². The Labute approximate surface area is 143 Å². The van der Waals surface area contributed by atoms with Gasteiger partial charge in [0.1, 0.15) is 0 Å². The third kappa shape index (κ3) is 1.44. The molecule has 4 rings (SSSR count). The normalized spacial score (nSPS) is 29.8. The van der Waals surface area contributed by atoms with E-state index in [4.69, 9.17) is 9.97 Å². The Balaban J connectivity index is 2.11. The Morgan fingerprint density at radius 3 is 2.08 bits per heavy atom. The summed E-state index contributed by atoms with van der Waals surface area (Å²) in [6, 6.07) is 4.21. The number of aryl methyl sites for hydroxylation is 2. The number of nitrogens with one attached hydrogen (secondary N) is 1. The van der Waals surface area contributed by atoms with Crippen LogP contribution in [-0.2, 0) is 15.6 Å². The molecule has 2 aliphatic rings. The molecule has 4 nitrogen and oxygen atoms in total. The molecule has 1 aromatic carbocycles. The molecule has 0 saturated heterocycles. The van der Waals surface area contributed by atoms with Crippen molar-refractivity contribution >= 4 is 16.9 Å². The molecule has 1 heterocycles. The zero-order valence-corrected chi connectivity index (χ0v) is 15.4. The summed E-state index contributed by atoms with van der Waals surface area (Å²) in [7, 11) is 1.73. The lowest BCUT2D eigenvalue weighted by atomic mass is 9.63. The average molecular weight is 323 g/mol. The summed E-state index contributed by atoms with van der Waals surface area (Å²) in [6.45, 7) is 10.9. The van der Waals surface area contributed by atoms with Crippen LogP contribution in [0, 0.1) is 19.3 Å². The number of carbonyl (C=O) groups is 1. The average Bonchev–Trinajstić information content (AvgIpc) is 2.83. The van der Waals surface area contributed by atoms with Gasteiger partial charge in [-0.2, -0.15) is 0 Å². The van der Waals surface area contributed by atoms with Crippen LogP contribution in [0.2, 0.25) is 0 Å².